The molecule has 1 N–H and O–H groups in total. The minimum atomic E-state index is 0.0405. The second-order valence-electron chi connectivity index (χ2n) is 6.83. The molecule has 130 valence electrons. The Hall–Kier alpha value is -2.55. The van der Waals surface area contributed by atoms with Crippen LogP contribution in [0, 0.1) is 13.8 Å². The van der Waals surface area contributed by atoms with E-state index in [0.29, 0.717) is 6.04 Å². The molecule has 0 aliphatic heterocycles. The van der Waals surface area contributed by atoms with Crippen LogP contribution in [0.2, 0.25) is 0 Å². The monoisotopic (exact) mass is 335 g/mol. The highest BCUT2D eigenvalue weighted by Gasteiger charge is 2.23. The van der Waals surface area contributed by atoms with Gasteiger partial charge in [-0.25, -0.2) is 0 Å². The van der Waals surface area contributed by atoms with Crippen LogP contribution in [0.3, 0.4) is 0 Å². The first-order valence-electron chi connectivity index (χ1n) is 8.73. The van der Waals surface area contributed by atoms with Crippen LogP contribution < -0.4 is 10.1 Å². The largest absolute Gasteiger partial charge is 0.497 e. The number of methoxy groups -OCH3 is 1. The second kappa shape index (κ2) is 7.14. The van der Waals surface area contributed by atoms with Gasteiger partial charge in [-0.15, -0.1) is 0 Å². The summed E-state index contributed by atoms with van der Waals surface area (Å²) in [6, 6.07) is 12.8. The lowest BCUT2D eigenvalue weighted by molar-refractivity contribution is -0.117. The Morgan fingerprint density at radius 2 is 1.80 bits per heavy atom. The smallest absolute Gasteiger partial charge is 0.247 e. The van der Waals surface area contributed by atoms with E-state index in [4.69, 9.17) is 4.74 Å². The molecule has 3 rings (SSSR count). The highest BCUT2D eigenvalue weighted by atomic mass is 16.5. The summed E-state index contributed by atoms with van der Waals surface area (Å²) < 4.78 is 5.23. The van der Waals surface area contributed by atoms with Gasteiger partial charge in [-0.3, -0.25) is 4.79 Å². The number of carbonyl (C=O) groups excluding carboxylic acids is 1. The molecule has 1 aliphatic carbocycles. The predicted octanol–water partition coefficient (Wildman–Crippen LogP) is 4.66. The number of benzene rings is 2. The van der Waals surface area contributed by atoms with Gasteiger partial charge in [-0.1, -0.05) is 24.3 Å². The maximum atomic E-state index is 12.2. The van der Waals surface area contributed by atoms with Gasteiger partial charge in [-0.2, -0.15) is 0 Å². The molecule has 1 aliphatic rings. The molecule has 25 heavy (non-hydrogen) atoms. The summed E-state index contributed by atoms with van der Waals surface area (Å²) in [4.78, 5) is 12.2. The summed E-state index contributed by atoms with van der Waals surface area (Å²) in [5, 5.41) is 3.04. The highest BCUT2D eigenvalue weighted by molar-refractivity contribution is 5.97. The molecule has 1 saturated carbocycles. The average Bonchev–Trinajstić information content (AvgIpc) is 3.42. The molecule has 2 aromatic carbocycles. The molecule has 0 saturated heterocycles. The summed E-state index contributed by atoms with van der Waals surface area (Å²) in [6.45, 7) is 6.07. The topological polar surface area (TPSA) is 38.3 Å². The number of ether oxygens (including phenoxy) is 1. The van der Waals surface area contributed by atoms with Crippen molar-refractivity contribution in [1.29, 1.82) is 0 Å². The summed E-state index contributed by atoms with van der Waals surface area (Å²) in [5.41, 5.74) is 6.58. The first kappa shape index (κ1) is 17.3. The minimum absolute atomic E-state index is 0.0405. The Morgan fingerprint density at radius 3 is 2.40 bits per heavy atom. The van der Waals surface area contributed by atoms with E-state index in [1.807, 2.05) is 25.1 Å². The first-order valence-corrected chi connectivity index (χ1v) is 8.73. The van der Waals surface area contributed by atoms with Crippen molar-refractivity contribution in [3.05, 3.63) is 58.7 Å². The van der Waals surface area contributed by atoms with Crippen LogP contribution in [-0.4, -0.2) is 19.1 Å². The number of nitrogens with one attached hydrogen (secondary N) is 1. The third-order valence-corrected chi connectivity index (χ3v) is 4.66. The molecule has 2 aromatic rings. The van der Waals surface area contributed by atoms with Crippen LogP contribution in [0.15, 0.2) is 42.0 Å². The fraction of sp³-hybridized carbons (Fsp3) is 0.318. The average molecular weight is 335 g/mol. The van der Waals surface area contributed by atoms with Crippen LogP contribution in [-0.2, 0) is 4.79 Å². The fourth-order valence-electron chi connectivity index (χ4n) is 2.90. The Labute approximate surface area is 149 Å². The van der Waals surface area contributed by atoms with E-state index in [-0.39, 0.29) is 5.91 Å². The van der Waals surface area contributed by atoms with E-state index in [0.717, 1.165) is 35.3 Å². The number of aryl methyl sites for hydroxylation is 2. The van der Waals surface area contributed by atoms with E-state index in [1.54, 1.807) is 7.11 Å². The second-order valence-corrected chi connectivity index (χ2v) is 6.83. The molecular formula is C22H25NO2. The molecule has 1 fully saturated rings. The van der Waals surface area contributed by atoms with E-state index in [1.165, 1.54) is 16.7 Å². The molecular weight excluding hydrogens is 310 g/mol. The van der Waals surface area contributed by atoms with Crippen molar-refractivity contribution in [2.45, 2.75) is 39.7 Å². The van der Waals surface area contributed by atoms with Crippen LogP contribution >= 0.6 is 0 Å². The number of amides is 1. The number of hydrogen-bond donors (Lipinski definition) is 1. The lowest BCUT2D eigenvalue weighted by atomic mass is 9.94. The van der Waals surface area contributed by atoms with Gasteiger partial charge in [0.1, 0.15) is 5.75 Å². The van der Waals surface area contributed by atoms with Crippen LogP contribution in [0.5, 0.6) is 5.75 Å². The van der Waals surface area contributed by atoms with Gasteiger partial charge in [0.2, 0.25) is 5.91 Å². The van der Waals surface area contributed by atoms with Gasteiger partial charge in [0, 0.05) is 11.6 Å². The Bertz CT molecular complexity index is 815. The maximum Gasteiger partial charge on any atom is 0.247 e. The zero-order valence-electron chi connectivity index (χ0n) is 15.3. The number of hydrogen-bond acceptors (Lipinski definition) is 2. The quantitative estimate of drug-likeness (QED) is 0.807. The van der Waals surface area contributed by atoms with Gasteiger partial charge in [0.05, 0.1) is 7.11 Å². The lowest BCUT2D eigenvalue weighted by Gasteiger charge is -2.12. The van der Waals surface area contributed by atoms with E-state index < -0.39 is 0 Å². The minimum Gasteiger partial charge on any atom is -0.497 e. The fourth-order valence-corrected chi connectivity index (χ4v) is 2.90. The van der Waals surface area contributed by atoms with Gasteiger partial charge < -0.3 is 10.1 Å². The summed E-state index contributed by atoms with van der Waals surface area (Å²) in [6.07, 6.45) is 4.19. The Morgan fingerprint density at radius 1 is 1.12 bits per heavy atom. The van der Waals surface area contributed by atoms with Crippen molar-refractivity contribution in [2.75, 3.05) is 7.11 Å². The summed E-state index contributed by atoms with van der Waals surface area (Å²) in [7, 11) is 1.67. The zero-order valence-corrected chi connectivity index (χ0v) is 15.3. The molecule has 0 atom stereocenters. The van der Waals surface area contributed by atoms with Crippen molar-refractivity contribution >= 4 is 12.0 Å². The third kappa shape index (κ3) is 4.11. The molecule has 3 heteroatoms. The van der Waals surface area contributed by atoms with Crippen molar-refractivity contribution in [3.8, 4) is 16.9 Å². The molecule has 0 heterocycles. The molecule has 0 spiro atoms. The summed E-state index contributed by atoms with van der Waals surface area (Å²) >= 11 is 0. The van der Waals surface area contributed by atoms with Crippen LogP contribution in [0.25, 0.3) is 17.2 Å². The molecule has 1 amide bonds. The predicted molar refractivity (Wildman–Crippen MR) is 103 cm³/mol. The third-order valence-electron chi connectivity index (χ3n) is 4.66. The maximum absolute atomic E-state index is 12.2. The molecule has 0 bridgehead atoms. The molecule has 3 nitrogen and oxygen atoms in total. The van der Waals surface area contributed by atoms with E-state index in [9.17, 15) is 4.79 Å². The standard InChI is InChI=1S/C22H25NO2/c1-14-13-21(17-5-9-20(25-4)10-6-17)15(2)11-18(14)12-16(3)22(24)23-19-7-8-19/h5-6,9-13,19H,7-8H2,1-4H3,(H,23,24)/b16-12+. The Kier molecular flexibility index (Phi) is 4.93. The van der Waals surface area contributed by atoms with Crippen molar-refractivity contribution < 1.29 is 9.53 Å². The van der Waals surface area contributed by atoms with Crippen molar-refractivity contribution in [2.24, 2.45) is 0 Å². The van der Waals surface area contributed by atoms with Crippen molar-refractivity contribution in [3.63, 3.8) is 0 Å². The SMILES string of the molecule is COc1ccc(-c2cc(C)c(/C=C(\C)C(=O)NC3CC3)cc2C)cc1. The number of carbonyl (C=O) groups is 1. The van der Waals surface area contributed by atoms with Gasteiger partial charge in [-0.05, 0) is 79.6 Å². The van der Waals surface area contributed by atoms with Crippen LogP contribution in [0.4, 0.5) is 0 Å². The zero-order chi connectivity index (χ0) is 18.0. The highest BCUT2D eigenvalue weighted by Crippen LogP contribution is 2.29. The van der Waals surface area contributed by atoms with E-state index >= 15 is 0 Å². The number of rotatable bonds is 5. The van der Waals surface area contributed by atoms with Crippen LogP contribution in [0.1, 0.15) is 36.5 Å². The van der Waals surface area contributed by atoms with Gasteiger partial charge in [0.15, 0.2) is 0 Å². The first-order chi connectivity index (χ1) is 12.0. The lowest BCUT2D eigenvalue weighted by Crippen LogP contribution is -2.25. The Balaban J connectivity index is 1.87. The summed E-state index contributed by atoms with van der Waals surface area (Å²) in [5.74, 6) is 0.897. The molecule has 0 unspecified atom stereocenters. The normalized spacial score (nSPS) is 14.3. The van der Waals surface area contributed by atoms with E-state index in [2.05, 4.69) is 43.4 Å². The van der Waals surface area contributed by atoms with Gasteiger partial charge in [0.25, 0.3) is 0 Å². The van der Waals surface area contributed by atoms with Crippen molar-refractivity contribution in [1.82, 2.24) is 5.32 Å². The van der Waals surface area contributed by atoms with Gasteiger partial charge >= 0.3 is 0 Å². The molecule has 0 aromatic heterocycles. The molecule has 0 radical (unpaired) electrons.